The van der Waals surface area contributed by atoms with Crippen molar-refractivity contribution in [1.29, 1.82) is 5.26 Å². The first kappa shape index (κ1) is 19.4. The molecule has 0 amide bonds. The molecule has 0 aromatic heterocycles. The van der Waals surface area contributed by atoms with E-state index in [1.54, 1.807) is 0 Å². The lowest BCUT2D eigenvalue weighted by molar-refractivity contribution is 0.174. The molecule has 0 N–H and O–H groups in total. The normalized spacial score (nSPS) is 12.3. The summed E-state index contributed by atoms with van der Waals surface area (Å²) in [5, 5.41) is 9.68. The number of nitriles is 1. The molecule has 0 bridgehead atoms. The second-order valence-electron chi connectivity index (χ2n) is 6.65. The minimum Gasteiger partial charge on any atom is -0.490 e. The Hall–Kier alpha value is -3.91. The van der Waals surface area contributed by atoms with Crippen molar-refractivity contribution in [3.05, 3.63) is 83.4 Å². The van der Waals surface area contributed by atoms with Crippen LogP contribution in [-0.4, -0.2) is 13.4 Å². The second kappa shape index (κ2) is 9.06. The van der Waals surface area contributed by atoms with Gasteiger partial charge in [0.15, 0.2) is 23.0 Å². The van der Waals surface area contributed by atoms with E-state index in [9.17, 15) is 5.26 Å². The van der Waals surface area contributed by atoms with Gasteiger partial charge in [-0.05, 0) is 60.0 Å². The van der Waals surface area contributed by atoms with E-state index in [1.807, 2.05) is 79.7 Å². The molecule has 3 aromatic carbocycles. The molecule has 5 nitrogen and oxygen atoms in total. The van der Waals surface area contributed by atoms with E-state index >= 15 is 0 Å². The maximum atomic E-state index is 9.68. The van der Waals surface area contributed by atoms with Gasteiger partial charge in [0.1, 0.15) is 6.61 Å². The lowest BCUT2D eigenvalue weighted by Gasteiger charge is -2.13. The van der Waals surface area contributed by atoms with Gasteiger partial charge in [-0.1, -0.05) is 36.4 Å². The van der Waals surface area contributed by atoms with Gasteiger partial charge in [-0.2, -0.15) is 5.26 Å². The lowest BCUT2D eigenvalue weighted by Crippen LogP contribution is -2.00. The van der Waals surface area contributed by atoms with Crippen LogP contribution in [0, 0.1) is 11.3 Å². The number of rotatable bonds is 7. The Morgan fingerprint density at radius 1 is 0.967 bits per heavy atom. The summed E-state index contributed by atoms with van der Waals surface area (Å²) in [7, 11) is 0. The Morgan fingerprint density at radius 3 is 2.60 bits per heavy atom. The zero-order valence-electron chi connectivity index (χ0n) is 16.6. The van der Waals surface area contributed by atoms with E-state index < -0.39 is 0 Å². The molecule has 0 radical (unpaired) electrons. The third-order valence-corrected chi connectivity index (χ3v) is 4.62. The molecule has 4 rings (SSSR count). The maximum absolute atomic E-state index is 9.68. The van der Waals surface area contributed by atoms with Crippen molar-refractivity contribution in [3.8, 4) is 29.1 Å². The highest BCUT2D eigenvalue weighted by Crippen LogP contribution is 2.35. The summed E-state index contributed by atoms with van der Waals surface area (Å²) in [5.74, 6) is 2.65. The molecule has 0 saturated heterocycles. The Labute approximate surface area is 175 Å². The molecule has 0 spiro atoms. The van der Waals surface area contributed by atoms with Crippen LogP contribution in [0.25, 0.3) is 11.6 Å². The zero-order chi connectivity index (χ0) is 20.8. The van der Waals surface area contributed by atoms with Crippen LogP contribution in [0.1, 0.15) is 23.6 Å². The van der Waals surface area contributed by atoms with Gasteiger partial charge in [0.05, 0.1) is 18.2 Å². The minimum atomic E-state index is 0.201. The van der Waals surface area contributed by atoms with E-state index in [1.165, 1.54) is 0 Å². The first-order valence-electron chi connectivity index (χ1n) is 9.72. The Morgan fingerprint density at radius 2 is 1.80 bits per heavy atom. The molecule has 1 aliphatic heterocycles. The number of nitrogens with zero attached hydrogens (tertiary/aromatic N) is 1. The molecular formula is C25H21NO4. The molecule has 0 aliphatic carbocycles. The predicted octanol–water partition coefficient (Wildman–Crippen LogP) is 5.46. The van der Waals surface area contributed by atoms with Crippen molar-refractivity contribution in [2.45, 2.75) is 13.5 Å². The highest BCUT2D eigenvalue weighted by molar-refractivity contribution is 5.90. The Balaban J connectivity index is 1.58. The number of allylic oxidation sites excluding steroid dienone is 1. The highest BCUT2D eigenvalue weighted by Gasteiger charge is 2.15. The van der Waals surface area contributed by atoms with E-state index in [2.05, 4.69) is 6.07 Å². The molecule has 30 heavy (non-hydrogen) atoms. The number of hydrogen-bond acceptors (Lipinski definition) is 5. The van der Waals surface area contributed by atoms with Gasteiger partial charge >= 0.3 is 0 Å². The minimum absolute atomic E-state index is 0.201. The molecule has 3 aromatic rings. The maximum Gasteiger partial charge on any atom is 0.231 e. The summed E-state index contributed by atoms with van der Waals surface area (Å²) < 4.78 is 22.5. The second-order valence-corrected chi connectivity index (χ2v) is 6.65. The van der Waals surface area contributed by atoms with Gasteiger partial charge in [0.2, 0.25) is 6.79 Å². The van der Waals surface area contributed by atoms with Gasteiger partial charge in [-0.25, -0.2) is 0 Å². The van der Waals surface area contributed by atoms with Crippen LogP contribution in [-0.2, 0) is 6.61 Å². The third kappa shape index (κ3) is 4.39. The SMILES string of the molecule is CCOc1cc(/C=C(/C#N)c2ccc3c(c2)OCO3)ccc1OCc1ccccc1. The lowest BCUT2D eigenvalue weighted by atomic mass is 10.0. The van der Waals surface area contributed by atoms with E-state index in [0.29, 0.717) is 41.8 Å². The van der Waals surface area contributed by atoms with Gasteiger partial charge in [-0.15, -0.1) is 0 Å². The van der Waals surface area contributed by atoms with Crippen molar-refractivity contribution in [2.24, 2.45) is 0 Å². The van der Waals surface area contributed by atoms with Crippen molar-refractivity contribution < 1.29 is 18.9 Å². The topological polar surface area (TPSA) is 60.7 Å². The van der Waals surface area contributed by atoms with Gasteiger partial charge in [0, 0.05) is 0 Å². The summed E-state index contributed by atoms with van der Waals surface area (Å²) in [4.78, 5) is 0. The molecule has 0 saturated carbocycles. The fourth-order valence-electron chi connectivity index (χ4n) is 3.15. The number of hydrogen-bond donors (Lipinski definition) is 0. The third-order valence-electron chi connectivity index (χ3n) is 4.62. The molecule has 0 fully saturated rings. The molecule has 1 heterocycles. The van der Waals surface area contributed by atoms with Gasteiger partial charge in [0.25, 0.3) is 0 Å². The smallest absolute Gasteiger partial charge is 0.231 e. The average molecular weight is 399 g/mol. The van der Waals surface area contributed by atoms with Crippen LogP contribution >= 0.6 is 0 Å². The monoisotopic (exact) mass is 399 g/mol. The first-order valence-corrected chi connectivity index (χ1v) is 9.72. The van der Waals surface area contributed by atoms with Crippen LogP contribution in [0.4, 0.5) is 0 Å². The van der Waals surface area contributed by atoms with Gasteiger partial charge < -0.3 is 18.9 Å². The molecule has 0 atom stereocenters. The fraction of sp³-hybridized carbons (Fsp3) is 0.160. The predicted molar refractivity (Wildman–Crippen MR) is 114 cm³/mol. The molecule has 150 valence electrons. The summed E-state index contributed by atoms with van der Waals surface area (Å²) in [5.41, 5.74) is 3.22. The van der Waals surface area contributed by atoms with E-state index in [-0.39, 0.29) is 6.79 Å². The Bertz CT molecular complexity index is 1100. The number of ether oxygens (including phenoxy) is 4. The summed E-state index contributed by atoms with van der Waals surface area (Å²) in [6.45, 7) is 3.10. The van der Waals surface area contributed by atoms with Crippen LogP contribution in [0.3, 0.4) is 0 Å². The average Bonchev–Trinajstić information content (AvgIpc) is 3.26. The molecular weight excluding hydrogens is 378 g/mol. The van der Waals surface area contributed by atoms with Crippen molar-refractivity contribution in [1.82, 2.24) is 0 Å². The van der Waals surface area contributed by atoms with Crippen molar-refractivity contribution in [3.63, 3.8) is 0 Å². The van der Waals surface area contributed by atoms with Crippen LogP contribution in [0.2, 0.25) is 0 Å². The van der Waals surface area contributed by atoms with Crippen LogP contribution in [0.5, 0.6) is 23.0 Å². The summed E-state index contributed by atoms with van der Waals surface area (Å²) in [6, 6.07) is 23.4. The highest BCUT2D eigenvalue weighted by atomic mass is 16.7. The standard InChI is InChI=1S/C25H21NO4/c1-2-27-24-13-19(8-10-22(24)28-16-18-6-4-3-5-7-18)12-21(15-26)20-9-11-23-25(14-20)30-17-29-23/h3-14H,2,16-17H2,1H3/b21-12-. The Kier molecular flexibility index (Phi) is 5.86. The first-order chi connectivity index (χ1) is 14.8. The van der Waals surface area contributed by atoms with Gasteiger partial charge in [-0.3, -0.25) is 0 Å². The molecule has 5 heteroatoms. The quantitative estimate of drug-likeness (QED) is 0.390. The number of fused-ring (bicyclic) bond motifs is 1. The largest absolute Gasteiger partial charge is 0.490 e. The summed E-state index contributed by atoms with van der Waals surface area (Å²) >= 11 is 0. The number of benzene rings is 3. The molecule has 0 unspecified atom stereocenters. The van der Waals surface area contributed by atoms with E-state index in [0.717, 1.165) is 16.7 Å². The van der Waals surface area contributed by atoms with Crippen molar-refractivity contribution in [2.75, 3.05) is 13.4 Å². The van der Waals surface area contributed by atoms with Crippen molar-refractivity contribution >= 4 is 11.6 Å². The zero-order valence-corrected chi connectivity index (χ0v) is 16.6. The van der Waals surface area contributed by atoms with Crippen LogP contribution in [0.15, 0.2) is 66.7 Å². The van der Waals surface area contributed by atoms with E-state index in [4.69, 9.17) is 18.9 Å². The molecule has 1 aliphatic rings. The summed E-state index contributed by atoms with van der Waals surface area (Å²) in [6.07, 6.45) is 1.82. The fourth-order valence-corrected chi connectivity index (χ4v) is 3.15. The van der Waals surface area contributed by atoms with Crippen LogP contribution < -0.4 is 18.9 Å².